The van der Waals surface area contributed by atoms with Crippen LogP contribution in [0.25, 0.3) is 11.0 Å². The number of furan rings is 1. The summed E-state index contributed by atoms with van der Waals surface area (Å²) in [4.78, 5) is 10.8. The summed E-state index contributed by atoms with van der Waals surface area (Å²) in [6.07, 6.45) is 0. The molecule has 0 aliphatic heterocycles. The Labute approximate surface area is 90.0 Å². The molecule has 0 bridgehead atoms. The molecule has 0 amide bonds. The van der Waals surface area contributed by atoms with Gasteiger partial charge in [-0.2, -0.15) is 0 Å². The van der Waals surface area contributed by atoms with Crippen molar-refractivity contribution in [1.82, 2.24) is 0 Å². The molecule has 0 unspecified atom stereocenters. The largest absolute Gasteiger partial charge is 0.496 e. The Kier molecular flexibility index (Phi) is 2.28. The summed E-state index contributed by atoms with van der Waals surface area (Å²) in [6, 6.07) is 4.42. The Morgan fingerprint density at radius 1 is 1.47 bits per heavy atom. The van der Waals surface area contributed by atoms with Crippen LogP contribution in [0.3, 0.4) is 0 Å². The fourth-order valence-corrected chi connectivity index (χ4v) is 1.56. The second-order valence-corrected chi connectivity index (χ2v) is 3.32. The normalized spacial score (nSPS) is 10.5. The molecule has 0 aliphatic rings. The zero-order valence-corrected chi connectivity index (χ0v) is 8.54. The van der Waals surface area contributed by atoms with E-state index in [1.807, 2.05) is 0 Å². The Bertz CT molecular complexity index is 529. The number of hydrogen-bond donors (Lipinski definition) is 1. The van der Waals surface area contributed by atoms with E-state index in [9.17, 15) is 4.79 Å². The van der Waals surface area contributed by atoms with E-state index in [1.165, 1.54) is 19.2 Å². The lowest BCUT2D eigenvalue weighted by Crippen LogP contribution is -1.96. The Morgan fingerprint density at radius 2 is 2.20 bits per heavy atom. The minimum Gasteiger partial charge on any atom is -0.496 e. The summed E-state index contributed by atoms with van der Waals surface area (Å²) in [5.41, 5.74) is 0.502. The lowest BCUT2D eigenvalue weighted by Gasteiger charge is -2.02. The summed E-state index contributed by atoms with van der Waals surface area (Å²) < 4.78 is 10.2. The minimum atomic E-state index is -1.04. The predicted molar refractivity (Wildman–Crippen MR) is 54.7 cm³/mol. The zero-order valence-electron chi connectivity index (χ0n) is 7.78. The van der Waals surface area contributed by atoms with Crippen LogP contribution in [0.15, 0.2) is 22.6 Å². The van der Waals surface area contributed by atoms with Crippen LogP contribution in [-0.2, 0) is 0 Å². The lowest BCUT2D eigenvalue weighted by molar-refractivity contribution is 0.0696. The SMILES string of the molecule is COc1cc(C(=O)O)cc2oc(Cl)cc12. The standard InChI is InChI=1S/C10H7ClO4/c1-14-7-2-5(10(12)13)3-8-6(7)4-9(11)15-8/h2-4H,1H3,(H,12,13). The van der Waals surface area contributed by atoms with Gasteiger partial charge in [0.25, 0.3) is 0 Å². The van der Waals surface area contributed by atoms with Crippen molar-refractivity contribution in [1.29, 1.82) is 0 Å². The molecule has 0 atom stereocenters. The number of benzene rings is 1. The van der Waals surface area contributed by atoms with Crippen LogP contribution in [0, 0.1) is 0 Å². The van der Waals surface area contributed by atoms with Crippen molar-refractivity contribution in [2.75, 3.05) is 7.11 Å². The minimum absolute atomic E-state index is 0.102. The fourth-order valence-electron chi connectivity index (χ4n) is 1.37. The zero-order chi connectivity index (χ0) is 11.0. The van der Waals surface area contributed by atoms with Crippen LogP contribution < -0.4 is 4.74 Å². The van der Waals surface area contributed by atoms with Crippen molar-refractivity contribution in [2.24, 2.45) is 0 Å². The highest BCUT2D eigenvalue weighted by Crippen LogP contribution is 2.32. The third-order valence-corrected chi connectivity index (χ3v) is 2.22. The number of carbonyl (C=O) groups is 1. The van der Waals surface area contributed by atoms with Gasteiger partial charge in [0.05, 0.1) is 18.1 Å². The monoisotopic (exact) mass is 226 g/mol. The number of halogens is 1. The van der Waals surface area contributed by atoms with Crippen molar-refractivity contribution >= 4 is 28.5 Å². The Morgan fingerprint density at radius 3 is 2.80 bits per heavy atom. The van der Waals surface area contributed by atoms with Crippen molar-refractivity contribution < 1.29 is 19.1 Å². The molecular weight excluding hydrogens is 220 g/mol. The van der Waals surface area contributed by atoms with Crippen LogP contribution in [0.5, 0.6) is 5.75 Å². The third-order valence-electron chi connectivity index (χ3n) is 2.04. The van der Waals surface area contributed by atoms with Gasteiger partial charge in [0.2, 0.25) is 0 Å². The lowest BCUT2D eigenvalue weighted by atomic mass is 10.1. The number of ether oxygens (including phenoxy) is 1. The highest BCUT2D eigenvalue weighted by Gasteiger charge is 2.13. The average molecular weight is 227 g/mol. The molecule has 4 nitrogen and oxygen atoms in total. The topological polar surface area (TPSA) is 59.7 Å². The van der Waals surface area contributed by atoms with E-state index in [2.05, 4.69) is 0 Å². The highest BCUT2D eigenvalue weighted by atomic mass is 35.5. The second-order valence-electron chi connectivity index (χ2n) is 2.95. The molecule has 15 heavy (non-hydrogen) atoms. The molecule has 1 heterocycles. The van der Waals surface area contributed by atoms with Gasteiger partial charge in [-0.25, -0.2) is 4.79 Å². The molecule has 0 radical (unpaired) electrons. The smallest absolute Gasteiger partial charge is 0.335 e. The molecule has 0 aliphatic carbocycles. The van der Waals surface area contributed by atoms with Gasteiger partial charge in [0, 0.05) is 6.07 Å². The summed E-state index contributed by atoms with van der Waals surface area (Å²) in [7, 11) is 1.46. The summed E-state index contributed by atoms with van der Waals surface area (Å²) in [5.74, 6) is -0.608. The first-order valence-corrected chi connectivity index (χ1v) is 4.50. The van der Waals surface area contributed by atoms with Crippen molar-refractivity contribution in [3.05, 3.63) is 29.0 Å². The van der Waals surface area contributed by atoms with Crippen molar-refractivity contribution in [2.45, 2.75) is 0 Å². The quantitative estimate of drug-likeness (QED) is 0.855. The molecule has 2 aromatic rings. The maximum atomic E-state index is 10.8. The molecular formula is C10H7ClO4. The molecule has 78 valence electrons. The maximum Gasteiger partial charge on any atom is 0.335 e. The van der Waals surface area contributed by atoms with Gasteiger partial charge in [-0.05, 0) is 23.7 Å². The van der Waals surface area contributed by atoms with Gasteiger partial charge in [-0.3, -0.25) is 0 Å². The number of fused-ring (bicyclic) bond motifs is 1. The Hall–Kier alpha value is -1.68. The number of rotatable bonds is 2. The van der Waals surface area contributed by atoms with Gasteiger partial charge in [-0.15, -0.1) is 0 Å². The van der Waals surface area contributed by atoms with Crippen LogP contribution in [0.4, 0.5) is 0 Å². The molecule has 0 saturated carbocycles. The van der Waals surface area contributed by atoms with E-state index < -0.39 is 5.97 Å². The van der Waals surface area contributed by atoms with Gasteiger partial charge in [0.1, 0.15) is 11.3 Å². The number of carboxylic acids is 1. The van der Waals surface area contributed by atoms with Crippen molar-refractivity contribution in [3.63, 3.8) is 0 Å². The van der Waals surface area contributed by atoms with E-state index in [-0.39, 0.29) is 10.8 Å². The molecule has 5 heteroatoms. The molecule has 0 spiro atoms. The highest BCUT2D eigenvalue weighted by molar-refractivity contribution is 6.29. The van der Waals surface area contributed by atoms with E-state index in [0.29, 0.717) is 16.7 Å². The van der Waals surface area contributed by atoms with Crippen LogP contribution in [-0.4, -0.2) is 18.2 Å². The predicted octanol–water partition coefficient (Wildman–Crippen LogP) is 2.79. The number of aromatic carboxylic acids is 1. The Balaban J connectivity index is 2.76. The molecule has 2 rings (SSSR count). The first-order chi connectivity index (χ1) is 7.11. The van der Waals surface area contributed by atoms with E-state index in [4.69, 9.17) is 25.9 Å². The number of hydrogen-bond acceptors (Lipinski definition) is 3. The number of methoxy groups -OCH3 is 1. The van der Waals surface area contributed by atoms with E-state index in [1.54, 1.807) is 6.07 Å². The second kappa shape index (κ2) is 3.47. The van der Waals surface area contributed by atoms with Gasteiger partial charge in [-0.1, -0.05) is 0 Å². The van der Waals surface area contributed by atoms with Crippen LogP contribution in [0.2, 0.25) is 5.22 Å². The van der Waals surface area contributed by atoms with Crippen LogP contribution in [0.1, 0.15) is 10.4 Å². The van der Waals surface area contributed by atoms with E-state index >= 15 is 0 Å². The van der Waals surface area contributed by atoms with Gasteiger partial charge in [0.15, 0.2) is 5.22 Å². The molecule has 0 saturated heterocycles. The fraction of sp³-hybridized carbons (Fsp3) is 0.100. The first kappa shape index (κ1) is 9.86. The summed E-state index contributed by atoms with van der Waals surface area (Å²) >= 11 is 5.67. The van der Waals surface area contributed by atoms with Crippen molar-refractivity contribution in [3.8, 4) is 5.75 Å². The molecule has 1 aromatic carbocycles. The molecule has 0 fully saturated rings. The molecule has 1 aromatic heterocycles. The number of carboxylic acid groups (broad SMARTS) is 1. The summed E-state index contributed by atoms with van der Waals surface area (Å²) in [5, 5.41) is 9.70. The van der Waals surface area contributed by atoms with Gasteiger partial charge >= 0.3 is 5.97 Å². The maximum absolute atomic E-state index is 10.8. The van der Waals surface area contributed by atoms with Crippen LogP contribution >= 0.6 is 11.6 Å². The molecule has 1 N–H and O–H groups in total. The third kappa shape index (κ3) is 1.64. The van der Waals surface area contributed by atoms with Gasteiger partial charge < -0.3 is 14.3 Å². The summed E-state index contributed by atoms with van der Waals surface area (Å²) in [6.45, 7) is 0. The first-order valence-electron chi connectivity index (χ1n) is 4.12. The average Bonchev–Trinajstić information content (AvgIpc) is 2.56. The van der Waals surface area contributed by atoms with E-state index in [0.717, 1.165) is 0 Å².